The van der Waals surface area contributed by atoms with E-state index in [1.807, 2.05) is 26.0 Å². The summed E-state index contributed by atoms with van der Waals surface area (Å²) in [7, 11) is 0. The van der Waals surface area contributed by atoms with Crippen LogP contribution >= 0.6 is 0 Å². The number of benzene rings is 2. The van der Waals surface area contributed by atoms with Crippen LogP contribution in [0, 0.1) is 24.0 Å². The molecule has 27 heavy (non-hydrogen) atoms. The van der Waals surface area contributed by atoms with Crippen LogP contribution in [0.3, 0.4) is 0 Å². The van der Waals surface area contributed by atoms with Gasteiger partial charge in [-0.15, -0.1) is 0 Å². The molecule has 0 saturated carbocycles. The lowest BCUT2D eigenvalue weighted by Gasteiger charge is -2.08. The van der Waals surface area contributed by atoms with Gasteiger partial charge in [0.05, 0.1) is 4.92 Å². The largest absolute Gasteiger partial charge is 0.294 e. The second-order valence-corrected chi connectivity index (χ2v) is 6.05. The molecule has 8 nitrogen and oxygen atoms in total. The molecular formula is C19H19N3O5. The normalized spacial score (nSPS) is 10.1. The third kappa shape index (κ3) is 5.46. The molecule has 2 rings (SSSR count). The zero-order valence-corrected chi connectivity index (χ0v) is 14.9. The molecule has 0 atom stereocenters. The van der Waals surface area contributed by atoms with E-state index in [0.29, 0.717) is 5.56 Å². The summed E-state index contributed by atoms with van der Waals surface area (Å²) in [6.07, 6.45) is -0.0930. The van der Waals surface area contributed by atoms with E-state index in [1.165, 1.54) is 18.2 Å². The highest BCUT2D eigenvalue weighted by atomic mass is 16.6. The summed E-state index contributed by atoms with van der Waals surface area (Å²) < 4.78 is 0. The van der Waals surface area contributed by atoms with Crippen molar-refractivity contribution in [1.29, 1.82) is 0 Å². The molecule has 2 N–H and O–H groups in total. The van der Waals surface area contributed by atoms with Gasteiger partial charge in [-0.1, -0.05) is 23.8 Å². The van der Waals surface area contributed by atoms with Crippen molar-refractivity contribution < 1.29 is 19.3 Å². The van der Waals surface area contributed by atoms with Gasteiger partial charge in [-0.25, -0.2) is 0 Å². The van der Waals surface area contributed by atoms with Crippen molar-refractivity contribution in [2.24, 2.45) is 0 Å². The number of nitrogens with one attached hydrogen (secondary N) is 2. The molecule has 0 radical (unpaired) electrons. The number of nitro groups is 1. The van der Waals surface area contributed by atoms with E-state index in [1.54, 1.807) is 6.07 Å². The number of amides is 2. The summed E-state index contributed by atoms with van der Waals surface area (Å²) in [5, 5.41) is 10.7. The van der Waals surface area contributed by atoms with Gasteiger partial charge in [0.25, 0.3) is 11.6 Å². The van der Waals surface area contributed by atoms with Crippen molar-refractivity contribution in [3.8, 4) is 0 Å². The quantitative estimate of drug-likeness (QED) is 0.461. The van der Waals surface area contributed by atoms with Gasteiger partial charge in [-0.05, 0) is 31.5 Å². The molecule has 0 heterocycles. The third-order valence-corrected chi connectivity index (χ3v) is 3.91. The molecule has 2 aromatic carbocycles. The minimum Gasteiger partial charge on any atom is -0.294 e. The number of nitro benzene ring substituents is 1. The highest BCUT2D eigenvalue weighted by molar-refractivity contribution is 6.00. The highest BCUT2D eigenvalue weighted by Gasteiger charge is 2.14. The average molecular weight is 369 g/mol. The molecule has 0 spiro atoms. The first kappa shape index (κ1) is 19.8. The van der Waals surface area contributed by atoms with Gasteiger partial charge in [0.2, 0.25) is 5.91 Å². The van der Waals surface area contributed by atoms with Crippen molar-refractivity contribution in [2.75, 3.05) is 0 Å². The van der Waals surface area contributed by atoms with Gasteiger partial charge in [0, 0.05) is 36.1 Å². The molecule has 0 aliphatic rings. The Balaban J connectivity index is 1.86. The molecule has 0 aliphatic carbocycles. The monoisotopic (exact) mass is 369 g/mol. The molecule has 140 valence electrons. The number of Topliss-reactive ketones (excluding diaryl/α,β-unsaturated/α-hetero) is 1. The number of aryl methyl sites for hydroxylation is 2. The van der Waals surface area contributed by atoms with Gasteiger partial charge in [0.1, 0.15) is 0 Å². The molecule has 0 aliphatic heterocycles. The Morgan fingerprint density at radius 3 is 2.44 bits per heavy atom. The lowest BCUT2D eigenvalue weighted by Crippen LogP contribution is -2.41. The van der Waals surface area contributed by atoms with E-state index in [2.05, 4.69) is 10.9 Å². The number of carbonyl (C=O) groups excluding carboxylic acids is 3. The third-order valence-electron chi connectivity index (χ3n) is 3.91. The first-order valence-corrected chi connectivity index (χ1v) is 8.22. The highest BCUT2D eigenvalue weighted by Crippen LogP contribution is 2.14. The van der Waals surface area contributed by atoms with E-state index in [9.17, 15) is 24.5 Å². The standard InChI is InChI=1S/C19H19N3O5/c1-12-6-7-13(2)16(10-12)17(23)8-9-18(24)20-21-19(25)14-4-3-5-15(11-14)22(26)27/h3-7,10-11H,8-9H2,1-2H3,(H,20,24)(H,21,25). The number of carbonyl (C=O) groups is 3. The number of rotatable bonds is 6. The lowest BCUT2D eigenvalue weighted by atomic mass is 9.99. The first-order valence-electron chi connectivity index (χ1n) is 8.22. The molecule has 2 amide bonds. The predicted molar refractivity (Wildman–Crippen MR) is 98.2 cm³/mol. The summed E-state index contributed by atoms with van der Waals surface area (Å²) in [5.41, 5.74) is 6.55. The SMILES string of the molecule is Cc1ccc(C)c(C(=O)CCC(=O)NNC(=O)c2cccc([N+](=O)[O-])c2)c1. The summed E-state index contributed by atoms with van der Waals surface area (Å²) in [5.74, 6) is -1.38. The second-order valence-electron chi connectivity index (χ2n) is 6.05. The average Bonchev–Trinajstić information content (AvgIpc) is 2.66. The molecular weight excluding hydrogens is 350 g/mol. The van der Waals surface area contributed by atoms with Crippen LogP contribution in [0.15, 0.2) is 42.5 Å². The van der Waals surface area contributed by atoms with Crippen LogP contribution in [0.2, 0.25) is 0 Å². The summed E-state index contributed by atoms with van der Waals surface area (Å²) in [6, 6.07) is 10.7. The van der Waals surface area contributed by atoms with Crippen LogP contribution in [-0.4, -0.2) is 22.5 Å². The minimum atomic E-state index is -0.687. The van der Waals surface area contributed by atoms with Crippen molar-refractivity contribution in [2.45, 2.75) is 26.7 Å². The molecule has 0 fully saturated rings. The van der Waals surface area contributed by atoms with Gasteiger partial charge in [0.15, 0.2) is 5.78 Å². The van der Waals surface area contributed by atoms with Crippen molar-refractivity contribution in [3.05, 3.63) is 74.8 Å². The predicted octanol–water partition coefficient (Wildman–Crippen LogP) is 2.64. The number of nitrogens with zero attached hydrogens (tertiary/aromatic N) is 1. The Morgan fingerprint density at radius 1 is 1.00 bits per heavy atom. The minimum absolute atomic E-state index is 0.00278. The van der Waals surface area contributed by atoms with Crippen LogP contribution in [0.5, 0.6) is 0 Å². The van der Waals surface area contributed by atoms with Gasteiger partial charge in [-0.3, -0.25) is 35.3 Å². The topological polar surface area (TPSA) is 118 Å². The zero-order valence-electron chi connectivity index (χ0n) is 14.9. The number of hydrazine groups is 1. The first-order chi connectivity index (χ1) is 12.8. The van der Waals surface area contributed by atoms with Crippen LogP contribution in [-0.2, 0) is 4.79 Å². The fourth-order valence-corrected chi connectivity index (χ4v) is 2.42. The maximum absolute atomic E-state index is 12.3. The molecule has 0 unspecified atom stereocenters. The van der Waals surface area contributed by atoms with E-state index in [4.69, 9.17) is 0 Å². The van der Waals surface area contributed by atoms with Crippen LogP contribution < -0.4 is 10.9 Å². The van der Waals surface area contributed by atoms with Crippen molar-refractivity contribution >= 4 is 23.3 Å². The van der Waals surface area contributed by atoms with Crippen molar-refractivity contribution in [3.63, 3.8) is 0 Å². The molecule has 2 aromatic rings. The van der Waals surface area contributed by atoms with Gasteiger partial charge >= 0.3 is 0 Å². The van der Waals surface area contributed by atoms with Crippen LogP contribution in [0.25, 0.3) is 0 Å². The van der Waals surface area contributed by atoms with E-state index >= 15 is 0 Å². The second kappa shape index (κ2) is 8.70. The van der Waals surface area contributed by atoms with E-state index < -0.39 is 16.7 Å². The molecule has 0 bridgehead atoms. The summed E-state index contributed by atoms with van der Waals surface area (Å²) in [4.78, 5) is 46.2. The number of ketones is 1. The van der Waals surface area contributed by atoms with Crippen molar-refractivity contribution in [1.82, 2.24) is 10.9 Å². The zero-order chi connectivity index (χ0) is 20.0. The van der Waals surface area contributed by atoms with Gasteiger partial charge in [-0.2, -0.15) is 0 Å². The summed E-state index contributed by atoms with van der Waals surface area (Å²) >= 11 is 0. The number of hydrogen-bond donors (Lipinski definition) is 2. The van der Waals surface area contributed by atoms with E-state index in [-0.39, 0.29) is 29.9 Å². The fourth-order valence-electron chi connectivity index (χ4n) is 2.42. The Bertz CT molecular complexity index is 908. The van der Waals surface area contributed by atoms with Crippen LogP contribution in [0.1, 0.15) is 44.7 Å². The Kier molecular flexibility index (Phi) is 6.37. The summed E-state index contributed by atoms with van der Waals surface area (Å²) in [6.45, 7) is 3.71. The fraction of sp³-hybridized carbons (Fsp3) is 0.211. The molecule has 8 heteroatoms. The maximum Gasteiger partial charge on any atom is 0.270 e. The lowest BCUT2D eigenvalue weighted by molar-refractivity contribution is -0.384. The van der Waals surface area contributed by atoms with Gasteiger partial charge < -0.3 is 0 Å². The maximum atomic E-state index is 12.3. The van der Waals surface area contributed by atoms with Crippen LogP contribution in [0.4, 0.5) is 5.69 Å². The Morgan fingerprint density at radius 2 is 1.74 bits per heavy atom. The number of non-ortho nitro benzene ring substituents is 1. The molecule has 0 aromatic heterocycles. The Hall–Kier alpha value is -3.55. The number of hydrogen-bond acceptors (Lipinski definition) is 5. The molecule has 0 saturated heterocycles. The van der Waals surface area contributed by atoms with E-state index in [0.717, 1.165) is 17.2 Å². The smallest absolute Gasteiger partial charge is 0.270 e. The Labute approximate surface area is 155 Å².